The summed E-state index contributed by atoms with van der Waals surface area (Å²) in [7, 11) is 0. The van der Waals surface area contributed by atoms with Gasteiger partial charge in [0.15, 0.2) is 0 Å². The van der Waals surface area contributed by atoms with Crippen molar-refractivity contribution in [3.63, 3.8) is 0 Å². The van der Waals surface area contributed by atoms with E-state index < -0.39 is 11.2 Å². The molecule has 3 aromatic carbocycles. The molecule has 0 bridgehead atoms. The monoisotopic (exact) mass is 524 g/mol. The number of para-hydroxylation sites is 1. The van der Waals surface area contributed by atoms with Crippen molar-refractivity contribution in [3.05, 3.63) is 128 Å². The van der Waals surface area contributed by atoms with Crippen molar-refractivity contribution < 1.29 is 9.59 Å². The summed E-state index contributed by atoms with van der Waals surface area (Å²) in [5, 5.41) is 7.38. The maximum atomic E-state index is 13.5. The summed E-state index contributed by atoms with van der Waals surface area (Å²) in [5.74, 6) is -0.515. The topological polar surface area (TPSA) is 102 Å². The van der Waals surface area contributed by atoms with Crippen LogP contribution in [-0.4, -0.2) is 20.9 Å². The van der Waals surface area contributed by atoms with Crippen molar-refractivity contribution in [2.24, 2.45) is 0 Å². The van der Waals surface area contributed by atoms with Gasteiger partial charge >= 0.3 is 5.69 Å². The molecular formula is C29H24N4O4S. The van der Waals surface area contributed by atoms with Gasteiger partial charge < -0.3 is 10.6 Å². The fourth-order valence-corrected chi connectivity index (χ4v) is 4.96. The zero-order chi connectivity index (χ0) is 26.5. The van der Waals surface area contributed by atoms with Gasteiger partial charge in [-0.15, -0.1) is 11.3 Å². The number of carbonyl (C=O) groups excluding carboxylic acids is 2. The number of amides is 2. The van der Waals surface area contributed by atoms with Crippen molar-refractivity contribution in [2.45, 2.75) is 19.5 Å². The fraction of sp³-hybridized carbons (Fsp3) is 0.103. The van der Waals surface area contributed by atoms with Crippen molar-refractivity contribution in [3.8, 4) is 5.69 Å². The SMILES string of the molecule is O=C(Cc1ccc(-n2c(=O)c3sccc3n(CC(=O)Nc3ccccc3)c2=O)cc1)NCc1ccccc1. The first kappa shape index (κ1) is 24.9. The first-order valence-electron chi connectivity index (χ1n) is 12.0. The molecule has 0 saturated heterocycles. The number of thiophene rings is 1. The third kappa shape index (κ3) is 5.47. The third-order valence-electron chi connectivity index (χ3n) is 6.01. The number of benzene rings is 3. The van der Waals surface area contributed by atoms with E-state index in [4.69, 9.17) is 0 Å². The summed E-state index contributed by atoms with van der Waals surface area (Å²) in [4.78, 5) is 51.8. The Morgan fingerprint density at radius 2 is 1.45 bits per heavy atom. The van der Waals surface area contributed by atoms with Gasteiger partial charge in [-0.3, -0.25) is 19.0 Å². The molecule has 190 valence electrons. The number of nitrogens with zero attached hydrogens (tertiary/aromatic N) is 2. The minimum absolute atomic E-state index is 0.134. The van der Waals surface area contributed by atoms with Crippen LogP contribution in [0.1, 0.15) is 11.1 Å². The van der Waals surface area contributed by atoms with Crippen LogP contribution in [0.5, 0.6) is 0 Å². The Bertz CT molecular complexity index is 1710. The average molecular weight is 525 g/mol. The molecule has 2 amide bonds. The Morgan fingerprint density at radius 1 is 0.763 bits per heavy atom. The predicted molar refractivity (Wildman–Crippen MR) is 149 cm³/mol. The highest BCUT2D eigenvalue weighted by Gasteiger charge is 2.18. The number of hydrogen-bond donors (Lipinski definition) is 2. The molecular weight excluding hydrogens is 500 g/mol. The molecule has 8 nitrogen and oxygen atoms in total. The summed E-state index contributed by atoms with van der Waals surface area (Å²) in [6, 6.07) is 27.0. The lowest BCUT2D eigenvalue weighted by Crippen LogP contribution is -2.40. The molecule has 0 aliphatic carbocycles. The lowest BCUT2D eigenvalue weighted by molar-refractivity contribution is -0.120. The molecule has 0 radical (unpaired) electrons. The van der Waals surface area contributed by atoms with Crippen LogP contribution in [0.15, 0.2) is 106 Å². The van der Waals surface area contributed by atoms with Crippen LogP contribution in [0, 0.1) is 0 Å². The maximum Gasteiger partial charge on any atom is 0.336 e. The van der Waals surface area contributed by atoms with Gasteiger partial charge in [0.05, 0.1) is 17.6 Å². The molecule has 9 heteroatoms. The van der Waals surface area contributed by atoms with E-state index in [9.17, 15) is 19.2 Å². The zero-order valence-electron chi connectivity index (χ0n) is 20.3. The second-order valence-electron chi connectivity index (χ2n) is 8.66. The van der Waals surface area contributed by atoms with Crippen molar-refractivity contribution in [2.75, 3.05) is 5.32 Å². The third-order valence-corrected chi connectivity index (χ3v) is 6.90. The molecule has 0 aliphatic heterocycles. The van der Waals surface area contributed by atoms with E-state index >= 15 is 0 Å². The van der Waals surface area contributed by atoms with E-state index in [0.717, 1.165) is 15.7 Å². The quantitative estimate of drug-likeness (QED) is 0.323. The minimum atomic E-state index is -0.613. The first-order chi connectivity index (χ1) is 18.5. The molecule has 2 N–H and O–H groups in total. The Labute approximate surface area is 221 Å². The number of rotatable bonds is 8. The Balaban J connectivity index is 1.37. The summed E-state index contributed by atoms with van der Waals surface area (Å²) in [6.07, 6.45) is 0.163. The Hall–Kier alpha value is -4.76. The van der Waals surface area contributed by atoms with Crippen molar-refractivity contribution in [1.82, 2.24) is 14.5 Å². The zero-order valence-corrected chi connectivity index (χ0v) is 21.1. The second kappa shape index (κ2) is 11.1. The summed E-state index contributed by atoms with van der Waals surface area (Å²) in [5.41, 5.74) is 2.08. The van der Waals surface area contributed by atoms with Crippen LogP contribution in [0.25, 0.3) is 15.9 Å². The normalized spacial score (nSPS) is 10.8. The number of fused-ring (bicyclic) bond motifs is 1. The van der Waals surface area contributed by atoms with Gasteiger partial charge in [-0.25, -0.2) is 9.36 Å². The van der Waals surface area contributed by atoms with Gasteiger partial charge in [-0.2, -0.15) is 0 Å². The van der Waals surface area contributed by atoms with Gasteiger partial charge in [0.1, 0.15) is 11.2 Å². The minimum Gasteiger partial charge on any atom is -0.352 e. The Morgan fingerprint density at radius 3 is 2.16 bits per heavy atom. The molecule has 0 fully saturated rings. The molecule has 5 rings (SSSR count). The van der Waals surface area contributed by atoms with E-state index in [2.05, 4.69) is 10.6 Å². The highest BCUT2D eigenvalue weighted by molar-refractivity contribution is 7.17. The van der Waals surface area contributed by atoms with Gasteiger partial charge in [-0.1, -0.05) is 60.7 Å². The van der Waals surface area contributed by atoms with Crippen LogP contribution >= 0.6 is 11.3 Å². The molecule has 0 atom stereocenters. The molecule has 5 aromatic rings. The van der Waals surface area contributed by atoms with Crippen molar-refractivity contribution >= 4 is 39.1 Å². The molecule has 2 aromatic heterocycles. The number of hydrogen-bond acceptors (Lipinski definition) is 5. The van der Waals surface area contributed by atoms with E-state index in [1.165, 1.54) is 15.9 Å². The first-order valence-corrected chi connectivity index (χ1v) is 12.9. The van der Waals surface area contributed by atoms with Crippen LogP contribution in [0.4, 0.5) is 5.69 Å². The van der Waals surface area contributed by atoms with Crippen LogP contribution < -0.4 is 21.9 Å². The van der Waals surface area contributed by atoms with Gasteiger partial charge in [-0.05, 0) is 46.8 Å². The molecule has 0 aliphatic rings. The second-order valence-corrected chi connectivity index (χ2v) is 9.58. The number of aromatic nitrogens is 2. The number of anilines is 1. The average Bonchev–Trinajstić information content (AvgIpc) is 3.42. The predicted octanol–water partition coefficient (Wildman–Crippen LogP) is 3.71. The molecule has 0 spiro atoms. The number of carbonyl (C=O) groups is 2. The van der Waals surface area contributed by atoms with E-state index in [1.807, 2.05) is 36.4 Å². The lowest BCUT2D eigenvalue weighted by Gasteiger charge is -2.13. The molecule has 0 unspecified atom stereocenters. The number of nitrogens with one attached hydrogen (secondary N) is 2. The Kier molecular flexibility index (Phi) is 7.28. The highest BCUT2D eigenvalue weighted by Crippen LogP contribution is 2.17. The largest absolute Gasteiger partial charge is 0.352 e. The van der Waals surface area contributed by atoms with E-state index in [1.54, 1.807) is 60.0 Å². The molecule has 38 heavy (non-hydrogen) atoms. The van der Waals surface area contributed by atoms with Gasteiger partial charge in [0.2, 0.25) is 11.8 Å². The smallest absolute Gasteiger partial charge is 0.336 e. The van der Waals surface area contributed by atoms with Crippen molar-refractivity contribution in [1.29, 1.82) is 0 Å². The summed E-state index contributed by atoms with van der Waals surface area (Å²) >= 11 is 1.21. The summed E-state index contributed by atoms with van der Waals surface area (Å²) < 4.78 is 2.74. The van der Waals surface area contributed by atoms with Gasteiger partial charge in [0.25, 0.3) is 5.56 Å². The fourth-order valence-electron chi connectivity index (χ4n) is 4.14. The summed E-state index contributed by atoms with van der Waals surface area (Å²) in [6.45, 7) is 0.187. The van der Waals surface area contributed by atoms with E-state index in [-0.39, 0.29) is 24.8 Å². The highest BCUT2D eigenvalue weighted by atomic mass is 32.1. The molecule has 2 heterocycles. The molecule has 0 saturated carbocycles. The van der Waals surface area contributed by atoms with Crippen LogP contribution in [0.2, 0.25) is 0 Å². The van der Waals surface area contributed by atoms with Gasteiger partial charge in [0, 0.05) is 12.2 Å². The standard InChI is InChI=1S/C29H24N4O4S/c34-25(30-18-21-7-3-1-4-8-21)17-20-11-13-23(14-12-20)33-28(36)27-24(15-16-38-27)32(29(33)37)19-26(35)31-22-9-5-2-6-10-22/h1-16H,17-19H2,(H,30,34)(H,31,35). The van der Waals surface area contributed by atoms with Crippen LogP contribution in [0.3, 0.4) is 0 Å². The van der Waals surface area contributed by atoms with Crippen LogP contribution in [-0.2, 0) is 29.1 Å². The maximum absolute atomic E-state index is 13.5. The lowest BCUT2D eigenvalue weighted by atomic mass is 10.1. The van der Waals surface area contributed by atoms with E-state index in [0.29, 0.717) is 28.1 Å².